The van der Waals surface area contributed by atoms with E-state index in [-0.39, 0.29) is 26.2 Å². The van der Waals surface area contributed by atoms with E-state index in [0.717, 1.165) is 0 Å². The maximum atomic E-state index is 14.6. The van der Waals surface area contributed by atoms with E-state index in [1.54, 1.807) is 0 Å². The maximum absolute atomic E-state index is 14.6. The average Bonchev–Trinajstić information content (AvgIpc) is 2.68. The molecule has 0 fully saturated rings. The molecule has 0 spiro atoms. The van der Waals surface area contributed by atoms with Crippen LogP contribution in [0, 0.1) is 0 Å². The van der Waals surface area contributed by atoms with Crippen molar-refractivity contribution in [1.29, 1.82) is 0 Å². The normalized spacial score (nSPS) is 16.3. The lowest BCUT2D eigenvalue weighted by Gasteiger charge is -2.44. The van der Waals surface area contributed by atoms with Gasteiger partial charge in [-0.3, -0.25) is 0 Å². The molecule has 0 aliphatic heterocycles. The van der Waals surface area contributed by atoms with Crippen LogP contribution in [0.3, 0.4) is 0 Å². The van der Waals surface area contributed by atoms with Crippen LogP contribution in [0.5, 0.6) is 0 Å². The third-order valence-corrected chi connectivity index (χ3v) is 12.5. The molecule has 0 saturated heterocycles. The highest BCUT2D eigenvalue weighted by Crippen LogP contribution is 2.54. The molecule has 0 amide bonds. The summed E-state index contributed by atoms with van der Waals surface area (Å²) in [4.78, 5) is 0. The quantitative estimate of drug-likeness (QED) is 0.106. The minimum atomic E-state index is -6.51. The van der Waals surface area contributed by atoms with Gasteiger partial charge in [-0.05, 0) is 26.2 Å². The zero-order chi connectivity index (χ0) is 32.8. The van der Waals surface area contributed by atoms with Crippen molar-refractivity contribution in [3.05, 3.63) is 0 Å². The fourth-order valence-corrected chi connectivity index (χ4v) is 10.7. The van der Waals surface area contributed by atoms with Gasteiger partial charge in [0.2, 0.25) is 0 Å². The second-order valence-corrected chi connectivity index (χ2v) is 18.5. The van der Waals surface area contributed by atoms with Crippen LogP contribution in [0.4, 0.5) is 79.0 Å². The molecular formula is C17H24F18O2Si3. The first-order valence-electron chi connectivity index (χ1n) is 10.8. The standard InChI is InChI=1S/C17H24F18O2Si3/c1-39(2,16(32,33)14(28,29)10(18,19)5-7-12(22,23)24)36-9(38)37-40(3,4)17(34,35)15(30,31)11(20,21)6-8-13(25,26)27/h9H,5-8H2,1-4,38H3. The smallest absolute Gasteiger partial charge is 0.389 e. The molecule has 0 rings (SSSR count). The van der Waals surface area contributed by atoms with Crippen molar-refractivity contribution in [3.8, 4) is 0 Å². The molecular weight excluding hydrogens is 662 g/mol. The first kappa shape index (κ1) is 39.3. The molecule has 0 atom stereocenters. The predicted molar refractivity (Wildman–Crippen MR) is 111 cm³/mol. The number of halogens is 18. The lowest BCUT2D eigenvalue weighted by atomic mass is 10.1. The molecule has 40 heavy (non-hydrogen) atoms. The van der Waals surface area contributed by atoms with Crippen LogP contribution < -0.4 is 0 Å². The number of rotatable bonds is 14. The van der Waals surface area contributed by atoms with Gasteiger partial charge in [-0.1, -0.05) is 0 Å². The van der Waals surface area contributed by atoms with Gasteiger partial charge >= 0.3 is 47.1 Å². The van der Waals surface area contributed by atoms with Gasteiger partial charge in [-0.25, -0.2) is 17.6 Å². The Morgan fingerprint density at radius 1 is 0.475 bits per heavy atom. The minimum absolute atomic E-state index is 0.0988. The van der Waals surface area contributed by atoms with E-state index in [1.165, 1.54) is 0 Å². The summed E-state index contributed by atoms with van der Waals surface area (Å²) in [5.41, 5.74) is -11.9. The topological polar surface area (TPSA) is 18.5 Å². The van der Waals surface area contributed by atoms with Crippen LogP contribution in [0.1, 0.15) is 25.7 Å². The summed E-state index contributed by atoms with van der Waals surface area (Å²) < 4.78 is 252. The van der Waals surface area contributed by atoms with Gasteiger partial charge in [0.1, 0.15) is 5.91 Å². The summed E-state index contributed by atoms with van der Waals surface area (Å²) in [6.07, 6.45) is -21.7. The van der Waals surface area contributed by atoms with E-state index in [2.05, 4.69) is 8.85 Å². The third-order valence-electron chi connectivity index (χ3n) is 5.59. The highest BCUT2D eigenvalue weighted by molar-refractivity contribution is 6.75. The molecule has 242 valence electrons. The second kappa shape index (κ2) is 11.4. The molecule has 23 heteroatoms. The highest BCUT2D eigenvalue weighted by atomic mass is 28.4. The van der Waals surface area contributed by atoms with Gasteiger partial charge in [0.15, 0.2) is 0 Å². The summed E-state index contributed by atoms with van der Waals surface area (Å²) in [5.74, 6) is -27.5. The Kier molecular flexibility index (Phi) is 11.2. The van der Waals surface area contributed by atoms with Gasteiger partial charge in [-0.15, -0.1) is 0 Å². The van der Waals surface area contributed by atoms with Crippen molar-refractivity contribution in [2.75, 3.05) is 0 Å². The zero-order valence-corrected chi connectivity index (χ0v) is 25.0. The molecule has 0 aliphatic rings. The largest absolute Gasteiger partial charge is 0.390 e. The second-order valence-electron chi connectivity index (χ2n) is 9.76. The van der Waals surface area contributed by atoms with Crippen molar-refractivity contribution in [2.45, 2.75) is 105 Å². The van der Waals surface area contributed by atoms with Crippen molar-refractivity contribution >= 4 is 26.9 Å². The Morgan fingerprint density at radius 2 is 0.700 bits per heavy atom. The van der Waals surface area contributed by atoms with E-state index in [4.69, 9.17) is 0 Å². The van der Waals surface area contributed by atoms with E-state index in [9.17, 15) is 79.0 Å². The van der Waals surface area contributed by atoms with Crippen LogP contribution >= 0.6 is 0 Å². The number of hydrogen-bond acceptors (Lipinski definition) is 2. The van der Waals surface area contributed by atoms with Gasteiger partial charge in [0.25, 0.3) is 16.6 Å². The van der Waals surface area contributed by atoms with Crippen LogP contribution in [0.25, 0.3) is 0 Å². The highest BCUT2D eigenvalue weighted by Gasteiger charge is 2.79. The maximum Gasteiger partial charge on any atom is 0.389 e. The molecule has 0 radical (unpaired) electrons. The molecule has 0 aromatic carbocycles. The van der Waals surface area contributed by atoms with Crippen molar-refractivity contribution in [2.24, 2.45) is 0 Å². The van der Waals surface area contributed by atoms with Gasteiger partial charge in [-0.2, -0.15) is 61.5 Å². The zero-order valence-electron chi connectivity index (χ0n) is 21.0. The Morgan fingerprint density at radius 3 is 0.900 bits per heavy atom. The molecule has 0 aliphatic carbocycles. The molecule has 0 aromatic heterocycles. The molecule has 0 bridgehead atoms. The Balaban J connectivity index is 6.01. The Labute approximate surface area is 220 Å². The predicted octanol–water partition coefficient (Wildman–Crippen LogP) is 7.65. The summed E-state index contributed by atoms with van der Waals surface area (Å²) in [7, 11) is -12.4. The third kappa shape index (κ3) is 8.23. The van der Waals surface area contributed by atoms with Crippen LogP contribution in [0.15, 0.2) is 0 Å². The molecule has 0 aromatic rings. The van der Waals surface area contributed by atoms with Crippen LogP contribution in [0.2, 0.25) is 26.2 Å². The number of alkyl halides is 18. The first-order chi connectivity index (χ1) is 17.0. The molecule has 0 unspecified atom stereocenters. The van der Waals surface area contributed by atoms with Crippen molar-refractivity contribution in [3.63, 3.8) is 0 Å². The summed E-state index contributed by atoms with van der Waals surface area (Å²) >= 11 is 0. The van der Waals surface area contributed by atoms with Gasteiger partial charge < -0.3 is 8.85 Å². The number of hydrogen-bond donors (Lipinski definition) is 0. The minimum Gasteiger partial charge on any atom is -0.390 e. The van der Waals surface area contributed by atoms with Crippen LogP contribution in [-0.4, -0.2) is 79.9 Å². The molecule has 0 N–H and O–H groups in total. The van der Waals surface area contributed by atoms with Crippen molar-refractivity contribution in [1.82, 2.24) is 0 Å². The molecule has 2 nitrogen and oxygen atoms in total. The lowest BCUT2D eigenvalue weighted by Crippen LogP contribution is -2.69. The van der Waals surface area contributed by atoms with Crippen molar-refractivity contribution < 1.29 is 87.9 Å². The van der Waals surface area contributed by atoms with Crippen LogP contribution in [-0.2, 0) is 8.85 Å². The van der Waals surface area contributed by atoms with E-state index >= 15 is 0 Å². The fourth-order valence-electron chi connectivity index (χ4n) is 3.13. The molecule has 0 saturated carbocycles. The van der Waals surface area contributed by atoms with E-state index in [0.29, 0.717) is 0 Å². The average molecular weight is 687 g/mol. The lowest BCUT2D eigenvalue weighted by molar-refractivity contribution is -0.297. The Hall–Kier alpha value is -0.689. The van der Waals surface area contributed by atoms with E-state index in [1.807, 2.05) is 0 Å². The SMILES string of the molecule is C[Si](C)(OC([SiH3])O[Si](C)(C)C(F)(F)C(F)(F)C(F)(F)CCC(F)(F)F)C(F)(F)C(F)(F)C(F)(F)CCC(F)(F)F. The van der Waals surface area contributed by atoms with Gasteiger partial charge in [0, 0.05) is 25.7 Å². The Bertz CT molecular complexity index is 786. The monoisotopic (exact) mass is 686 g/mol. The summed E-state index contributed by atoms with van der Waals surface area (Å²) in [5, 5.41) is 0. The van der Waals surface area contributed by atoms with Gasteiger partial charge in [0.05, 0.1) is 10.2 Å². The fraction of sp³-hybridized carbons (Fsp3) is 1.00. The summed E-state index contributed by atoms with van der Waals surface area (Å²) in [6, 6.07) is 0. The first-order valence-corrected chi connectivity index (χ1v) is 17.7. The van der Waals surface area contributed by atoms with E-state index < -0.39 is 106 Å². The molecule has 0 heterocycles. The summed E-state index contributed by atoms with van der Waals surface area (Å²) in [6.45, 7) is 0.395.